The molecule has 0 aliphatic carbocycles. The Hall–Kier alpha value is -1.88. The van der Waals surface area contributed by atoms with E-state index in [1.165, 1.54) is 26.4 Å². The van der Waals surface area contributed by atoms with E-state index >= 15 is 0 Å². The average molecular weight is 317 g/mol. The van der Waals surface area contributed by atoms with Gasteiger partial charge in [-0.15, -0.1) is 0 Å². The smallest absolute Gasteiger partial charge is 0.417 e. The van der Waals surface area contributed by atoms with E-state index in [0.717, 1.165) is 6.07 Å². The minimum atomic E-state index is -4.52. The van der Waals surface area contributed by atoms with Crippen LogP contribution in [0.3, 0.4) is 0 Å². The summed E-state index contributed by atoms with van der Waals surface area (Å²) < 4.78 is 49.9. The molecule has 2 nitrogen and oxygen atoms in total. The molecule has 0 atom stereocenters. The van der Waals surface area contributed by atoms with Gasteiger partial charge in [-0.1, -0.05) is 29.8 Å². The highest BCUT2D eigenvalue weighted by Crippen LogP contribution is 2.44. The van der Waals surface area contributed by atoms with Crippen molar-refractivity contribution in [3.8, 4) is 22.6 Å². The molecule has 0 aliphatic rings. The van der Waals surface area contributed by atoms with Crippen molar-refractivity contribution in [2.45, 2.75) is 6.18 Å². The van der Waals surface area contributed by atoms with E-state index in [4.69, 9.17) is 21.1 Å². The number of para-hydroxylation sites is 1. The number of hydrogen-bond acceptors (Lipinski definition) is 2. The van der Waals surface area contributed by atoms with Gasteiger partial charge in [-0.25, -0.2) is 0 Å². The standard InChI is InChI=1S/C15H12ClF3O2/c1-20-13-5-3-4-11(14(13)21-2)10-7-6-9(16)8-12(10)15(17,18)19/h3-8H,1-2H3. The molecule has 21 heavy (non-hydrogen) atoms. The zero-order chi connectivity index (χ0) is 15.6. The van der Waals surface area contributed by atoms with Gasteiger partial charge in [-0.05, 0) is 23.8 Å². The van der Waals surface area contributed by atoms with Crippen LogP contribution in [0, 0.1) is 0 Å². The van der Waals surface area contributed by atoms with Crippen LogP contribution in [0.4, 0.5) is 13.2 Å². The van der Waals surface area contributed by atoms with Crippen molar-refractivity contribution >= 4 is 11.6 Å². The van der Waals surface area contributed by atoms with Gasteiger partial charge in [-0.3, -0.25) is 0 Å². The maximum absolute atomic E-state index is 13.2. The van der Waals surface area contributed by atoms with Crippen molar-refractivity contribution in [3.63, 3.8) is 0 Å². The van der Waals surface area contributed by atoms with Crippen LogP contribution < -0.4 is 9.47 Å². The minimum Gasteiger partial charge on any atom is -0.493 e. The Morgan fingerprint density at radius 1 is 0.952 bits per heavy atom. The summed E-state index contributed by atoms with van der Waals surface area (Å²) in [5.41, 5.74) is -0.537. The summed E-state index contributed by atoms with van der Waals surface area (Å²) in [6.45, 7) is 0. The molecule has 0 N–H and O–H groups in total. The van der Waals surface area contributed by atoms with Gasteiger partial charge in [0.05, 0.1) is 19.8 Å². The molecule has 0 spiro atoms. The number of halogens is 4. The molecule has 112 valence electrons. The Morgan fingerprint density at radius 3 is 2.24 bits per heavy atom. The van der Waals surface area contributed by atoms with E-state index in [-0.39, 0.29) is 16.3 Å². The van der Waals surface area contributed by atoms with Crippen molar-refractivity contribution < 1.29 is 22.6 Å². The first-order valence-corrected chi connectivity index (χ1v) is 6.34. The second-order valence-electron chi connectivity index (χ2n) is 4.23. The highest BCUT2D eigenvalue weighted by molar-refractivity contribution is 6.30. The van der Waals surface area contributed by atoms with Crippen LogP contribution in [0.15, 0.2) is 36.4 Å². The Labute approximate surface area is 125 Å². The molecule has 2 aromatic carbocycles. The summed E-state index contributed by atoms with van der Waals surface area (Å²) in [5, 5.41) is 0.0212. The van der Waals surface area contributed by atoms with Crippen LogP contribution in [0.5, 0.6) is 11.5 Å². The fourth-order valence-electron chi connectivity index (χ4n) is 2.09. The third kappa shape index (κ3) is 3.08. The van der Waals surface area contributed by atoms with Crippen LogP contribution in [0.1, 0.15) is 5.56 Å². The summed E-state index contributed by atoms with van der Waals surface area (Å²) in [6, 6.07) is 8.39. The number of benzene rings is 2. The first-order valence-electron chi connectivity index (χ1n) is 5.96. The molecule has 0 aliphatic heterocycles. The zero-order valence-corrected chi connectivity index (χ0v) is 12.0. The van der Waals surface area contributed by atoms with Gasteiger partial charge in [0.2, 0.25) is 0 Å². The fourth-order valence-corrected chi connectivity index (χ4v) is 2.26. The van der Waals surface area contributed by atoms with Crippen LogP contribution in [-0.2, 0) is 6.18 Å². The van der Waals surface area contributed by atoms with E-state index in [2.05, 4.69) is 0 Å². The second-order valence-corrected chi connectivity index (χ2v) is 4.67. The van der Waals surface area contributed by atoms with E-state index in [1.54, 1.807) is 18.2 Å². The lowest BCUT2D eigenvalue weighted by Crippen LogP contribution is -2.07. The van der Waals surface area contributed by atoms with Gasteiger partial charge >= 0.3 is 6.18 Å². The van der Waals surface area contributed by atoms with Crippen LogP contribution in [-0.4, -0.2) is 14.2 Å². The Balaban J connectivity index is 2.73. The number of rotatable bonds is 3. The van der Waals surface area contributed by atoms with Crippen molar-refractivity contribution in [2.75, 3.05) is 14.2 Å². The van der Waals surface area contributed by atoms with Gasteiger partial charge in [0.25, 0.3) is 0 Å². The molecule has 0 radical (unpaired) electrons. The molecule has 0 bridgehead atoms. The molecule has 2 rings (SSSR count). The lowest BCUT2D eigenvalue weighted by molar-refractivity contribution is -0.137. The zero-order valence-electron chi connectivity index (χ0n) is 11.3. The molecular weight excluding hydrogens is 305 g/mol. The molecule has 6 heteroatoms. The van der Waals surface area contributed by atoms with E-state index < -0.39 is 11.7 Å². The van der Waals surface area contributed by atoms with E-state index in [9.17, 15) is 13.2 Å². The first-order chi connectivity index (χ1) is 9.88. The molecule has 0 saturated heterocycles. The Kier molecular flexibility index (Phi) is 4.32. The summed E-state index contributed by atoms with van der Waals surface area (Å²) >= 11 is 5.69. The van der Waals surface area contributed by atoms with E-state index in [1.807, 2.05) is 0 Å². The van der Waals surface area contributed by atoms with Crippen LogP contribution in [0.2, 0.25) is 5.02 Å². The predicted molar refractivity (Wildman–Crippen MR) is 75.0 cm³/mol. The van der Waals surface area contributed by atoms with E-state index in [0.29, 0.717) is 11.3 Å². The maximum atomic E-state index is 13.2. The summed E-state index contributed by atoms with van der Waals surface area (Å²) in [6.07, 6.45) is -4.52. The Bertz CT molecular complexity index is 654. The minimum absolute atomic E-state index is 0.0114. The molecule has 0 unspecified atom stereocenters. The average Bonchev–Trinajstić information content (AvgIpc) is 2.45. The normalized spacial score (nSPS) is 11.3. The lowest BCUT2D eigenvalue weighted by Gasteiger charge is -2.17. The third-order valence-corrected chi connectivity index (χ3v) is 3.22. The maximum Gasteiger partial charge on any atom is 0.417 e. The highest BCUT2D eigenvalue weighted by atomic mass is 35.5. The fraction of sp³-hybridized carbons (Fsp3) is 0.200. The van der Waals surface area contributed by atoms with Crippen molar-refractivity contribution in [1.29, 1.82) is 0 Å². The van der Waals surface area contributed by atoms with Gasteiger partial charge in [-0.2, -0.15) is 13.2 Å². The molecule has 0 fully saturated rings. The van der Waals surface area contributed by atoms with Crippen molar-refractivity contribution in [1.82, 2.24) is 0 Å². The van der Waals surface area contributed by atoms with Gasteiger partial charge in [0, 0.05) is 10.6 Å². The molecule has 0 heterocycles. The predicted octanol–water partition coefficient (Wildman–Crippen LogP) is 5.04. The lowest BCUT2D eigenvalue weighted by atomic mass is 9.98. The molecular formula is C15H12ClF3O2. The monoisotopic (exact) mass is 316 g/mol. The number of methoxy groups -OCH3 is 2. The van der Waals surface area contributed by atoms with Crippen LogP contribution in [0.25, 0.3) is 11.1 Å². The molecule has 0 aromatic heterocycles. The summed E-state index contributed by atoms with van der Waals surface area (Å²) in [5.74, 6) is 0.603. The summed E-state index contributed by atoms with van der Waals surface area (Å²) in [7, 11) is 2.80. The number of hydrogen-bond donors (Lipinski definition) is 0. The third-order valence-electron chi connectivity index (χ3n) is 2.98. The second kappa shape index (κ2) is 5.85. The van der Waals surface area contributed by atoms with Crippen molar-refractivity contribution in [2.24, 2.45) is 0 Å². The SMILES string of the molecule is COc1cccc(-c2ccc(Cl)cc2C(F)(F)F)c1OC. The summed E-state index contributed by atoms with van der Waals surface area (Å²) in [4.78, 5) is 0. The first kappa shape index (κ1) is 15.5. The van der Waals surface area contributed by atoms with Gasteiger partial charge in [0.15, 0.2) is 11.5 Å². The quantitative estimate of drug-likeness (QED) is 0.789. The Morgan fingerprint density at radius 2 is 1.67 bits per heavy atom. The topological polar surface area (TPSA) is 18.5 Å². The molecule has 2 aromatic rings. The molecule has 0 saturated carbocycles. The van der Waals surface area contributed by atoms with Gasteiger partial charge in [0.1, 0.15) is 0 Å². The number of ether oxygens (including phenoxy) is 2. The molecule has 0 amide bonds. The largest absolute Gasteiger partial charge is 0.493 e. The highest BCUT2D eigenvalue weighted by Gasteiger charge is 2.34. The van der Waals surface area contributed by atoms with Crippen LogP contribution >= 0.6 is 11.6 Å². The number of alkyl halides is 3. The van der Waals surface area contributed by atoms with Gasteiger partial charge < -0.3 is 9.47 Å². The van der Waals surface area contributed by atoms with Crippen molar-refractivity contribution in [3.05, 3.63) is 47.0 Å².